The fraction of sp³-hybridized carbons (Fsp3) is 0.235. The van der Waals surface area contributed by atoms with Gasteiger partial charge in [-0.1, -0.05) is 339 Å². The van der Waals surface area contributed by atoms with E-state index in [1.807, 2.05) is 103 Å². The van der Waals surface area contributed by atoms with Gasteiger partial charge in [-0.15, -0.1) is 0 Å². The maximum Gasteiger partial charge on any atom is 1.00 e. The molecule has 0 fully saturated rings. The molecule has 0 radical (unpaired) electrons. The predicted molar refractivity (Wildman–Crippen MR) is 545 cm³/mol. The summed E-state index contributed by atoms with van der Waals surface area (Å²) in [7, 11) is 3.98. The molecule has 0 bridgehead atoms. The van der Waals surface area contributed by atoms with Crippen molar-refractivity contribution >= 4 is 125 Å². The number of methoxy groups -OCH3 is 4. The number of aryl methyl sites for hydroxylation is 6. The Morgan fingerprint density at radius 2 is 0.627 bits per heavy atom. The van der Waals surface area contributed by atoms with E-state index in [9.17, 15) is 48.3 Å². The number of halogens is 1. The van der Waals surface area contributed by atoms with Crippen LogP contribution in [0.25, 0.3) is 18.2 Å². The first-order valence-electron chi connectivity index (χ1n) is 44.8. The van der Waals surface area contributed by atoms with E-state index >= 15 is 0 Å². The first-order chi connectivity index (χ1) is 64.2. The van der Waals surface area contributed by atoms with Gasteiger partial charge in [0.2, 0.25) is 0 Å². The Labute approximate surface area is 828 Å². The summed E-state index contributed by atoms with van der Waals surface area (Å²) in [5.74, 6) is -1.13. The maximum absolute atomic E-state index is 12.3. The molecule has 0 amide bonds. The summed E-state index contributed by atoms with van der Waals surface area (Å²) in [5.41, 5.74) is 12.0. The largest absolute Gasteiger partial charge is 1.00 e. The van der Waals surface area contributed by atoms with Gasteiger partial charge >= 0.3 is 59.4 Å². The number of aliphatic carboxylic acids is 2. The van der Waals surface area contributed by atoms with Crippen LogP contribution < -0.4 is 83.5 Å². The molecule has 12 aromatic rings. The zero-order valence-corrected chi connectivity index (χ0v) is 84.5. The molecule has 696 valence electrons. The summed E-state index contributed by atoms with van der Waals surface area (Å²) in [5, 5.41) is 26.7. The predicted octanol–water partition coefficient (Wildman–Crippen LogP) is 15.5. The number of hydrogen-bond acceptors (Lipinski definition) is 14. The summed E-state index contributed by atoms with van der Waals surface area (Å²) in [6.07, 6.45) is 29.1. The topological polar surface area (TPSA) is 234 Å². The molecule has 0 aliphatic heterocycles. The van der Waals surface area contributed by atoms with Crippen molar-refractivity contribution in [3.8, 4) is 0 Å². The van der Waals surface area contributed by atoms with Gasteiger partial charge in [0.05, 0.1) is 34.6 Å². The molecule has 0 saturated carbocycles. The summed E-state index contributed by atoms with van der Waals surface area (Å²) in [6.45, 7) is 8.70. The number of benzene rings is 12. The van der Waals surface area contributed by atoms with Crippen molar-refractivity contribution < 1.29 is 119 Å². The Morgan fingerprint density at radius 1 is 0.336 bits per heavy atom. The van der Waals surface area contributed by atoms with Crippen molar-refractivity contribution in [2.75, 3.05) is 34.6 Å². The third kappa shape index (κ3) is 44.2. The van der Waals surface area contributed by atoms with Crippen molar-refractivity contribution in [2.45, 2.75) is 144 Å². The summed E-state index contributed by atoms with van der Waals surface area (Å²) in [4.78, 5) is 96.5. The van der Waals surface area contributed by atoms with Crippen LogP contribution in [0.3, 0.4) is 0 Å². The number of ether oxygens (including phenoxy) is 4. The number of carbonyl (C=O) groups is 9. The van der Waals surface area contributed by atoms with Gasteiger partial charge in [-0.25, -0.2) is 14.4 Å². The molecule has 0 spiro atoms. The quantitative estimate of drug-likeness (QED) is 0.00960. The Bertz CT molecular complexity index is 5270. The third-order valence-corrected chi connectivity index (χ3v) is 29.2. The Kier molecular flexibility index (Phi) is 60.4. The van der Waals surface area contributed by atoms with E-state index in [0.29, 0.717) is 48.5 Å². The third-order valence-electron chi connectivity index (χ3n) is 20.6. The van der Waals surface area contributed by atoms with Crippen LogP contribution in [0.15, 0.2) is 346 Å². The number of hydrogen-bond donors (Lipinski definition) is 1. The van der Waals surface area contributed by atoms with Crippen molar-refractivity contribution in [3.05, 3.63) is 413 Å². The van der Waals surface area contributed by atoms with Crippen LogP contribution in [0, 0.1) is 0 Å². The SMILES string of the molecule is CCC=Cc1cccc(/C=C/C(=O)OC)c1.CCCCc1cccc(CCC(=O)O)c1.CCCCc1cccc(CCC(=O)OC)c1.CCCCc1cccc(CCC(=O)[O-])c1.CCC[P+](c1ccccc1)(c1ccccc1)c1ccccc1.COC(=O)/C=C/c1cccc(C=O)c1.COC(=O)C=P(c1ccccc1)(c1ccccc1)c1ccccc1.O=Cc1cccc(C=O)c1.[Br-].[Na+]. The van der Waals surface area contributed by atoms with Gasteiger partial charge in [0.15, 0.2) is 0 Å². The second kappa shape index (κ2) is 69.7. The molecule has 1 N–H and O–H groups in total. The van der Waals surface area contributed by atoms with E-state index in [0.717, 1.165) is 82.1 Å². The molecule has 0 aliphatic rings. The zero-order valence-electron chi connectivity index (χ0n) is 79.1. The average molecular weight is 1920 g/mol. The zero-order chi connectivity index (χ0) is 95.7. The summed E-state index contributed by atoms with van der Waals surface area (Å²) >= 11 is 0. The Balaban J connectivity index is 0.000000398. The van der Waals surface area contributed by atoms with Crippen LogP contribution >= 0.6 is 14.1 Å². The van der Waals surface area contributed by atoms with E-state index in [4.69, 9.17) is 9.84 Å². The summed E-state index contributed by atoms with van der Waals surface area (Å²) < 4.78 is 18.6. The molecule has 0 heterocycles. The second-order valence-electron chi connectivity index (χ2n) is 30.4. The smallest absolute Gasteiger partial charge is 1.00 e. The first kappa shape index (κ1) is 116. The molecule has 0 atom stereocenters. The minimum absolute atomic E-state index is 0. The maximum atomic E-state index is 12.3. The van der Waals surface area contributed by atoms with E-state index in [1.54, 1.807) is 66.5 Å². The average Bonchev–Trinajstić information content (AvgIpc) is 0.768. The van der Waals surface area contributed by atoms with Gasteiger partial charge in [0, 0.05) is 53.4 Å². The Morgan fingerprint density at radius 3 is 0.925 bits per heavy atom. The van der Waals surface area contributed by atoms with Gasteiger partial charge in [-0.3, -0.25) is 24.0 Å². The van der Waals surface area contributed by atoms with Crippen molar-refractivity contribution in [3.63, 3.8) is 0 Å². The number of esters is 4. The van der Waals surface area contributed by atoms with Crippen LogP contribution in [0.1, 0.15) is 186 Å². The van der Waals surface area contributed by atoms with E-state index in [2.05, 4.69) is 237 Å². The number of carboxylic acid groups (broad SMARTS) is 2. The number of aldehydes is 3. The van der Waals surface area contributed by atoms with Crippen molar-refractivity contribution in [2.24, 2.45) is 0 Å². The molecular formula is C115H128BrNaO15P2. The monoisotopic (exact) mass is 1910 g/mol. The Hall–Kier alpha value is -12.1. The van der Waals surface area contributed by atoms with Gasteiger partial charge in [0.25, 0.3) is 0 Å². The number of unbranched alkanes of at least 4 members (excludes halogenated alkanes) is 3. The fourth-order valence-electron chi connectivity index (χ4n) is 13.8. The van der Waals surface area contributed by atoms with Crippen LogP contribution in [0.5, 0.6) is 0 Å². The minimum Gasteiger partial charge on any atom is -1.00 e. The molecule has 15 nitrogen and oxygen atoms in total. The van der Waals surface area contributed by atoms with E-state index in [-0.39, 0.29) is 77.3 Å². The molecule has 0 saturated heterocycles. The molecule has 0 unspecified atom stereocenters. The number of rotatable bonds is 36. The van der Waals surface area contributed by atoms with Crippen molar-refractivity contribution in [1.29, 1.82) is 0 Å². The molecule has 0 aromatic heterocycles. The van der Waals surface area contributed by atoms with Gasteiger partial charge < -0.3 is 50.9 Å². The number of carbonyl (C=O) groups excluding carboxylic acids is 8. The molecule has 134 heavy (non-hydrogen) atoms. The van der Waals surface area contributed by atoms with Crippen molar-refractivity contribution in [1.82, 2.24) is 0 Å². The molecule has 12 rings (SSSR count). The van der Waals surface area contributed by atoms with E-state index in [1.165, 1.54) is 130 Å². The van der Waals surface area contributed by atoms with Gasteiger partial charge in [0.1, 0.15) is 42.0 Å². The summed E-state index contributed by atoms with van der Waals surface area (Å²) in [6, 6.07) is 110. The molecule has 0 aliphatic carbocycles. The molecule has 12 aromatic carbocycles. The minimum atomic E-state index is -2.23. The number of carboxylic acids is 2. The molecular weight excluding hydrogens is 1790 g/mol. The number of allylic oxidation sites excluding steroid dienone is 1. The fourth-order valence-corrected chi connectivity index (χ4v) is 21.9. The van der Waals surface area contributed by atoms with Crippen LogP contribution in [-0.4, -0.2) is 100 Å². The molecule has 19 heteroatoms. The normalized spacial score (nSPS) is 10.3. The second-order valence-corrected chi connectivity index (χ2v) is 37.3. The van der Waals surface area contributed by atoms with E-state index < -0.39 is 32.1 Å². The van der Waals surface area contributed by atoms with Gasteiger partial charge in [-0.05, 0) is 217 Å². The first-order valence-corrected chi connectivity index (χ1v) is 48.7. The van der Waals surface area contributed by atoms with Crippen LogP contribution in [0.2, 0.25) is 0 Å². The van der Waals surface area contributed by atoms with Gasteiger partial charge in [-0.2, -0.15) is 0 Å². The standard InChI is InChI=1S/C21H19O2P.C21H22P.C14H20O2.C14H16O2.2C13H18O2.C11H10O3.C8H6O2.BrH.Na/c1-23-21(22)17-24(18-11-5-2-6-12-18,19-13-7-3-8-14-19)20-15-9-4-10-16-20;1-2-18-22(19-12-6-3-7-13-19,20-14-8-4-9-15-20)21-16-10-5-11-17-21;2*1-3-4-6-12-7-5-8-13(11-12)9-10-14(15)16-2;2*1-2-3-5-11-6-4-7-12(10-11)8-9-13(14)15;1-14-11(13)6-5-9-3-2-4-10(7-9)8-12;9-5-7-2-1-3-8(4-7)6-10;;/h2-17H,1H3;3-17H,2,18H2,1H3;5,7-8,11H,3-4,6,9-10H2,1-2H3;4-11H,3H2,1-2H3;2*4,6-7,10H,2-3,5,8-9H2,1H3,(H,14,15);2-8H,1H3;1-6H;1H;/q;+1;;;;;;;;+1/p-2/b;;;6-4?,10-9+;;;6-5+;;;. The van der Waals surface area contributed by atoms with Crippen LogP contribution in [0.4, 0.5) is 0 Å². The van der Waals surface area contributed by atoms with Crippen LogP contribution in [-0.2, 0) is 86.2 Å².